The Morgan fingerprint density at radius 1 is 1.09 bits per heavy atom. The zero-order valence-electron chi connectivity index (χ0n) is 18.4. The molecule has 1 fully saturated rings. The van der Waals surface area contributed by atoms with Crippen LogP contribution in [-0.4, -0.2) is 51.7 Å². The summed E-state index contributed by atoms with van der Waals surface area (Å²) < 4.78 is 74.6. The van der Waals surface area contributed by atoms with Crippen molar-refractivity contribution in [3.63, 3.8) is 0 Å². The molecule has 2 N–H and O–H groups in total. The Morgan fingerprint density at radius 2 is 1.83 bits per heavy atom. The number of alkyl halides is 3. The van der Waals surface area contributed by atoms with E-state index < -0.39 is 27.5 Å². The number of piperazine rings is 1. The molecular formula is C22H21ClF3N5O3S. The van der Waals surface area contributed by atoms with Gasteiger partial charge in [-0.15, -0.1) is 0 Å². The number of aromatic nitrogens is 2. The molecule has 3 aromatic rings. The van der Waals surface area contributed by atoms with Crippen LogP contribution in [0.15, 0.2) is 53.6 Å². The SMILES string of the molecule is COc1ccc(Cl)c(-c2nc(NS(=O)(=O)c3cccc(N4CCNCC4)n3)ccc2C(F)(F)F)c1. The standard InChI is InChI=1S/C22H21ClF3N5O3S/c1-34-14-5-7-17(23)15(13-14)21-16(22(24,25)26)6-8-18(28-21)30-35(32,33)20-4-2-3-19(29-20)31-11-9-27-10-12-31/h2-8,13,27H,9-12H2,1H3,(H,28,30). The average Bonchev–Trinajstić information content (AvgIpc) is 2.84. The molecule has 0 aliphatic carbocycles. The quantitative estimate of drug-likeness (QED) is 0.499. The van der Waals surface area contributed by atoms with Crippen LogP contribution in [0.1, 0.15) is 5.56 Å². The van der Waals surface area contributed by atoms with Gasteiger partial charge in [0.1, 0.15) is 17.4 Å². The summed E-state index contributed by atoms with van der Waals surface area (Å²) in [4.78, 5) is 10.2. The smallest absolute Gasteiger partial charge is 0.418 e. The molecule has 1 aromatic carbocycles. The van der Waals surface area contributed by atoms with E-state index in [0.717, 1.165) is 25.2 Å². The number of methoxy groups -OCH3 is 1. The molecule has 4 rings (SSSR count). The number of anilines is 2. The maximum absolute atomic E-state index is 13.7. The Kier molecular flexibility index (Phi) is 7.06. The van der Waals surface area contributed by atoms with Gasteiger partial charge < -0.3 is 15.0 Å². The molecule has 0 amide bonds. The van der Waals surface area contributed by atoms with E-state index in [1.165, 1.54) is 31.4 Å². The largest absolute Gasteiger partial charge is 0.497 e. The second-order valence-electron chi connectivity index (χ2n) is 7.61. The summed E-state index contributed by atoms with van der Waals surface area (Å²) in [5, 5.41) is 2.91. The van der Waals surface area contributed by atoms with E-state index in [0.29, 0.717) is 18.9 Å². The zero-order chi connectivity index (χ0) is 25.2. The van der Waals surface area contributed by atoms with Crippen molar-refractivity contribution < 1.29 is 26.3 Å². The monoisotopic (exact) mass is 527 g/mol. The van der Waals surface area contributed by atoms with Gasteiger partial charge >= 0.3 is 6.18 Å². The van der Waals surface area contributed by atoms with E-state index in [1.807, 2.05) is 4.90 Å². The topological polar surface area (TPSA) is 96.4 Å². The number of nitrogens with one attached hydrogen (secondary N) is 2. The Hall–Kier alpha value is -3.09. The molecule has 0 saturated carbocycles. The van der Waals surface area contributed by atoms with Gasteiger partial charge in [-0.2, -0.15) is 21.6 Å². The minimum atomic E-state index is -4.76. The van der Waals surface area contributed by atoms with Crippen LogP contribution >= 0.6 is 11.6 Å². The number of sulfonamides is 1. The van der Waals surface area contributed by atoms with Crippen molar-refractivity contribution in [1.82, 2.24) is 15.3 Å². The summed E-state index contributed by atoms with van der Waals surface area (Å²) in [5.41, 5.74) is -1.67. The summed E-state index contributed by atoms with van der Waals surface area (Å²) in [7, 11) is -2.89. The van der Waals surface area contributed by atoms with Gasteiger partial charge in [0.2, 0.25) is 0 Å². The van der Waals surface area contributed by atoms with Crippen molar-refractivity contribution in [1.29, 1.82) is 0 Å². The molecule has 13 heteroatoms. The maximum Gasteiger partial charge on any atom is 0.418 e. The molecule has 0 unspecified atom stereocenters. The molecule has 3 heterocycles. The Bertz CT molecular complexity index is 1330. The second-order valence-corrected chi connectivity index (χ2v) is 9.65. The van der Waals surface area contributed by atoms with Crippen LogP contribution in [0.25, 0.3) is 11.3 Å². The molecule has 0 bridgehead atoms. The lowest BCUT2D eigenvalue weighted by molar-refractivity contribution is -0.137. The number of hydrogen-bond donors (Lipinski definition) is 2. The summed E-state index contributed by atoms with van der Waals surface area (Å²) in [6.45, 7) is 2.80. The summed E-state index contributed by atoms with van der Waals surface area (Å²) in [6.07, 6.45) is -4.76. The first-order valence-corrected chi connectivity index (χ1v) is 12.3. The number of benzene rings is 1. The van der Waals surface area contributed by atoms with Crippen molar-refractivity contribution in [2.75, 3.05) is 42.9 Å². The third-order valence-corrected chi connectivity index (χ3v) is 6.88. The molecule has 35 heavy (non-hydrogen) atoms. The third-order valence-electron chi connectivity index (χ3n) is 5.29. The highest BCUT2D eigenvalue weighted by atomic mass is 35.5. The van der Waals surface area contributed by atoms with Gasteiger partial charge in [-0.05, 0) is 42.5 Å². The molecule has 2 aromatic heterocycles. The van der Waals surface area contributed by atoms with Gasteiger partial charge in [-0.25, -0.2) is 9.97 Å². The van der Waals surface area contributed by atoms with Crippen molar-refractivity contribution in [3.8, 4) is 17.0 Å². The number of halogens is 4. The van der Waals surface area contributed by atoms with Crippen LogP contribution in [0, 0.1) is 0 Å². The minimum absolute atomic E-state index is 0.00537. The molecule has 1 aliphatic heterocycles. The van der Waals surface area contributed by atoms with Gasteiger partial charge in [0, 0.05) is 31.7 Å². The van der Waals surface area contributed by atoms with E-state index in [1.54, 1.807) is 12.1 Å². The molecule has 0 atom stereocenters. The van der Waals surface area contributed by atoms with Gasteiger partial charge in [-0.1, -0.05) is 17.7 Å². The van der Waals surface area contributed by atoms with Crippen LogP contribution in [0.2, 0.25) is 5.02 Å². The molecule has 186 valence electrons. The van der Waals surface area contributed by atoms with Crippen LogP contribution in [0.5, 0.6) is 5.75 Å². The molecule has 0 spiro atoms. The fourth-order valence-electron chi connectivity index (χ4n) is 3.58. The fraction of sp³-hybridized carbons (Fsp3) is 0.273. The van der Waals surface area contributed by atoms with E-state index in [2.05, 4.69) is 20.0 Å². The first-order valence-electron chi connectivity index (χ1n) is 10.5. The predicted octanol–water partition coefficient (Wildman–Crippen LogP) is 4.03. The van der Waals surface area contributed by atoms with Crippen LogP contribution < -0.4 is 19.7 Å². The van der Waals surface area contributed by atoms with Crippen molar-refractivity contribution in [3.05, 3.63) is 59.1 Å². The lowest BCUT2D eigenvalue weighted by Crippen LogP contribution is -2.44. The Morgan fingerprint density at radius 3 is 2.51 bits per heavy atom. The van der Waals surface area contributed by atoms with Gasteiger partial charge in [0.05, 0.1) is 23.4 Å². The molecule has 8 nitrogen and oxygen atoms in total. The van der Waals surface area contributed by atoms with Gasteiger partial charge in [-0.3, -0.25) is 4.72 Å². The number of rotatable bonds is 6. The number of nitrogens with zero attached hydrogens (tertiary/aromatic N) is 3. The van der Waals surface area contributed by atoms with Gasteiger partial charge in [0.25, 0.3) is 10.0 Å². The number of pyridine rings is 2. The number of ether oxygens (including phenoxy) is 1. The van der Waals surface area contributed by atoms with E-state index in [-0.39, 0.29) is 27.2 Å². The highest BCUT2D eigenvalue weighted by molar-refractivity contribution is 7.92. The number of hydrogen-bond acceptors (Lipinski definition) is 7. The van der Waals surface area contributed by atoms with E-state index in [9.17, 15) is 21.6 Å². The van der Waals surface area contributed by atoms with Crippen LogP contribution in [0.4, 0.5) is 24.8 Å². The molecule has 1 aliphatic rings. The Balaban J connectivity index is 1.71. The highest BCUT2D eigenvalue weighted by Crippen LogP contribution is 2.40. The van der Waals surface area contributed by atoms with E-state index in [4.69, 9.17) is 16.3 Å². The second kappa shape index (κ2) is 9.88. The summed E-state index contributed by atoms with van der Waals surface area (Å²) >= 11 is 6.16. The zero-order valence-corrected chi connectivity index (χ0v) is 20.0. The lowest BCUT2D eigenvalue weighted by Gasteiger charge is -2.28. The average molecular weight is 528 g/mol. The molecule has 1 saturated heterocycles. The van der Waals surface area contributed by atoms with Crippen LogP contribution in [-0.2, 0) is 16.2 Å². The predicted molar refractivity (Wildman–Crippen MR) is 126 cm³/mol. The minimum Gasteiger partial charge on any atom is -0.497 e. The third kappa shape index (κ3) is 5.60. The van der Waals surface area contributed by atoms with Gasteiger partial charge in [0.15, 0.2) is 5.03 Å². The highest BCUT2D eigenvalue weighted by Gasteiger charge is 2.35. The van der Waals surface area contributed by atoms with Crippen molar-refractivity contribution in [2.24, 2.45) is 0 Å². The fourth-order valence-corrected chi connectivity index (χ4v) is 4.75. The molecule has 0 radical (unpaired) electrons. The normalized spacial score (nSPS) is 14.6. The maximum atomic E-state index is 13.7. The van der Waals surface area contributed by atoms with Crippen molar-refractivity contribution >= 4 is 33.3 Å². The Labute approximate surface area is 205 Å². The summed E-state index contributed by atoms with van der Waals surface area (Å²) in [6, 6.07) is 10.4. The molecular weight excluding hydrogens is 507 g/mol. The first kappa shape index (κ1) is 25.0. The van der Waals surface area contributed by atoms with E-state index >= 15 is 0 Å². The van der Waals surface area contributed by atoms with Crippen LogP contribution in [0.3, 0.4) is 0 Å². The first-order chi connectivity index (χ1) is 16.6. The lowest BCUT2D eigenvalue weighted by atomic mass is 10.0. The van der Waals surface area contributed by atoms with Crippen molar-refractivity contribution in [2.45, 2.75) is 11.2 Å². The summed E-state index contributed by atoms with van der Waals surface area (Å²) in [5.74, 6) is 0.430.